The van der Waals surface area contributed by atoms with E-state index in [1.165, 1.54) is 12.1 Å². The maximum Gasteiger partial charge on any atom is 0.320 e. The topological polar surface area (TPSA) is 80.6 Å². The molecule has 1 aliphatic heterocycles. The first-order valence-electron chi connectivity index (χ1n) is 12.8. The molecule has 8 nitrogen and oxygen atoms in total. The van der Waals surface area contributed by atoms with Gasteiger partial charge in [-0.3, -0.25) is 10.2 Å². The van der Waals surface area contributed by atoms with Crippen molar-refractivity contribution in [2.24, 2.45) is 0 Å². The highest BCUT2D eigenvalue weighted by atomic mass is 19.1. The molecule has 1 saturated heterocycles. The van der Waals surface area contributed by atoms with E-state index in [2.05, 4.69) is 15.5 Å². The van der Waals surface area contributed by atoms with Gasteiger partial charge in [0.05, 0.1) is 24.0 Å². The number of halogens is 2. The van der Waals surface area contributed by atoms with Crippen molar-refractivity contribution in [3.63, 3.8) is 0 Å². The summed E-state index contributed by atoms with van der Waals surface area (Å²) in [7, 11) is 3.29. The molecule has 1 aliphatic rings. The lowest BCUT2D eigenvalue weighted by Crippen LogP contribution is -2.42. The van der Waals surface area contributed by atoms with Gasteiger partial charge in [0.25, 0.3) is 0 Å². The molecule has 4 rings (SSSR count). The van der Waals surface area contributed by atoms with Crippen LogP contribution in [0, 0.1) is 18.6 Å². The van der Waals surface area contributed by atoms with Crippen LogP contribution in [-0.4, -0.2) is 73.8 Å². The summed E-state index contributed by atoms with van der Waals surface area (Å²) in [5.74, 6) is -0.986. The van der Waals surface area contributed by atoms with E-state index in [0.29, 0.717) is 50.7 Å². The standard InChI is InChI=1S/C28H35F2N5O3/c1-19-25(10-7-12-37-2)33-35(23-8-5-4-6-9-23)27(19)32-28(36)31-26-18-34(11-13-38-3)17-24(26)20-14-21(29)16-22(30)15-20/h4-6,8-9,14-16,24,26H,7,10-13,17-18H2,1-3H3,(H2,31,32,36)/t24-,26+/m0/s1. The summed E-state index contributed by atoms with van der Waals surface area (Å²) in [5, 5.41) is 10.8. The Morgan fingerprint density at radius 3 is 2.45 bits per heavy atom. The Bertz CT molecular complexity index is 1200. The van der Waals surface area contributed by atoms with Crippen molar-refractivity contribution in [3.05, 3.63) is 77.0 Å². The second-order valence-corrected chi connectivity index (χ2v) is 9.53. The van der Waals surface area contributed by atoms with Gasteiger partial charge in [0.1, 0.15) is 17.5 Å². The summed E-state index contributed by atoms with van der Waals surface area (Å²) in [6, 6.07) is 12.4. The quantitative estimate of drug-likeness (QED) is 0.364. The number of hydrogen-bond acceptors (Lipinski definition) is 5. The molecule has 10 heteroatoms. The molecule has 1 fully saturated rings. The normalized spacial score (nSPS) is 17.6. The number of benzene rings is 2. The fraction of sp³-hybridized carbons (Fsp3) is 0.429. The van der Waals surface area contributed by atoms with E-state index in [1.807, 2.05) is 37.3 Å². The first-order chi connectivity index (χ1) is 18.4. The van der Waals surface area contributed by atoms with Crippen molar-refractivity contribution in [3.8, 4) is 5.69 Å². The van der Waals surface area contributed by atoms with Crippen molar-refractivity contribution >= 4 is 11.8 Å². The van der Waals surface area contributed by atoms with Gasteiger partial charge in [-0.05, 0) is 49.6 Å². The largest absolute Gasteiger partial charge is 0.385 e. The molecule has 204 valence electrons. The van der Waals surface area contributed by atoms with Crippen LogP contribution in [0.15, 0.2) is 48.5 Å². The number of nitrogens with one attached hydrogen (secondary N) is 2. The number of likely N-dealkylation sites (tertiary alicyclic amines) is 1. The SMILES string of the molecule is COCCCc1nn(-c2ccccc2)c(NC(=O)N[C@@H]2CN(CCOC)C[C@H]2c2cc(F)cc(F)c2)c1C. The van der Waals surface area contributed by atoms with Crippen LogP contribution in [0.4, 0.5) is 19.4 Å². The van der Waals surface area contributed by atoms with Crippen LogP contribution in [0.1, 0.15) is 29.2 Å². The van der Waals surface area contributed by atoms with Crippen LogP contribution in [-0.2, 0) is 15.9 Å². The lowest BCUT2D eigenvalue weighted by molar-refractivity contribution is 0.159. The molecule has 1 aromatic heterocycles. The Labute approximate surface area is 221 Å². The Balaban J connectivity index is 1.56. The Morgan fingerprint density at radius 1 is 1.05 bits per heavy atom. The first-order valence-corrected chi connectivity index (χ1v) is 12.8. The first kappa shape index (κ1) is 27.7. The number of methoxy groups -OCH3 is 2. The van der Waals surface area contributed by atoms with E-state index in [-0.39, 0.29) is 12.0 Å². The average molecular weight is 528 g/mol. The molecule has 0 radical (unpaired) electrons. The van der Waals surface area contributed by atoms with Gasteiger partial charge in [0.2, 0.25) is 0 Å². The molecule has 0 spiro atoms. The minimum atomic E-state index is -0.637. The van der Waals surface area contributed by atoms with Gasteiger partial charge in [-0.1, -0.05) is 18.2 Å². The van der Waals surface area contributed by atoms with Crippen molar-refractivity contribution in [2.45, 2.75) is 31.7 Å². The van der Waals surface area contributed by atoms with Gasteiger partial charge in [-0.25, -0.2) is 18.3 Å². The van der Waals surface area contributed by atoms with Crippen LogP contribution in [0.2, 0.25) is 0 Å². The van der Waals surface area contributed by atoms with Crippen LogP contribution in [0.3, 0.4) is 0 Å². The van der Waals surface area contributed by atoms with Gasteiger partial charge in [0.15, 0.2) is 0 Å². The van der Waals surface area contributed by atoms with E-state index < -0.39 is 17.7 Å². The summed E-state index contributed by atoms with van der Waals surface area (Å²) in [6.45, 7) is 4.79. The summed E-state index contributed by atoms with van der Waals surface area (Å²) in [5.41, 5.74) is 3.08. The van der Waals surface area contributed by atoms with Gasteiger partial charge in [0, 0.05) is 58.0 Å². The molecule has 2 aromatic carbocycles. The monoisotopic (exact) mass is 527 g/mol. The second-order valence-electron chi connectivity index (χ2n) is 9.53. The molecule has 2 amide bonds. The Hall–Kier alpha value is -3.34. The lowest BCUT2D eigenvalue weighted by Gasteiger charge is -2.21. The molecule has 38 heavy (non-hydrogen) atoms. The minimum absolute atomic E-state index is 0.285. The summed E-state index contributed by atoms with van der Waals surface area (Å²) < 4.78 is 40.2. The zero-order valence-electron chi connectivity index (χ0n) is 22.0. The molecular weight excluding hydrogens is 492 g/mol. The van der Waals surface area contributed by atoms with Crippen LogP contribution < -0.4 is 10.6 Å². The summed E-state index contributed by atoms with van der Waals surface area (Å²) in [4.78, 5) is 15.5. The summed E-state index contributed by atoms with van der Waals surface area (Å²) >= 11 is 0. The Morgan fingerprint density at radius 2 is 1.76 bits per heavy atom. The van der Waals surface area contributed by atoms with Gasteiger partial charge < -0.3 is 14.8 Å². The number of ether oxygens (including phenoxy) is 2. The number of hydrogen-bond donors (Lipinski definition) is 2. The smallest absolute Gasteiger partial charge is 0.320 e. The molecule has 2 heterocycles. The van der Waals surface area contributed by atoms with Crippen LogP contribution in [0.5, 0.6) is 0 Å². The number of nitrogens with zero attached hydrogens (tertiary/aromatic N) is 3. The predicted octanol–water partition coefficient (Wildman–Crippen LogP) is 4.27. The molecule has 0 aliphatic carbocycles. The maximum atomic E-state index is 14.0. The molecule has 3 aromatic rings. The molecular formula is C28H35F2N5O3. The molecule has 0 unspecified atom stereocenters. The fourth-order valence-corrected chi connectivity index (χ4v) is 4.94. The molecule has 2 atom stereocenters. The fourth-order valence-electron chi connectivity index (χ4n) is 4.94. The zero-order valence-corrected chi connectivity index (χ0v) is 22.0. The highest BCUT2D eigenvalue weighted by Crippen LogP contribution is 2.30. The van der Waals surface area contributed by atoms with Gasteiger partial charge in [-0.2, -0.15) is 5.10 Å². The van der Waals surface area contributed by atoms with Crippen molar-refractivity contribution in [2.75, 3.05) is 52.4 Å². The zero-order chi connectivity index (χ0) is 27.1. The third-order valence-corrected chi connectivity index (χ3v) is 6.85. The van der Waals surface area contributed by atoms with E-state index in [0.717, 1.165) is 29.4 Å². The lowest BCUT2D eigenvalue weighted by atomic mass is 9.94. The van der Waals surface area contributed by atoms with Gasteiger partial charge in [-0.15, -0.1) is 0 Å². The molecule has 0 saturated carbocycles. The van der Waals surface area contributed by atoms with Crippen molar-refractivity contribution in [1.29, 1.82) is 0 Å². The van der Waals surface area contributed by atoms with Crippen LogP contribution in [0.25, 0.3) is 5.69 Å². The third-order valence-electron chi connectivity index (χ3n) is 6.85. The number of aryl methyl sites for hydroxylation is 1. The second kappa shape index (κ2) is 12.9. The minimum Gasteiger partial charge on any atom is -0.385 e. The van der Waals surface area contributed by atoms with Crippen molar-refractivity contribution in [1.82, 2.24) is 20.0 Å². The predicted molar refractivity (Wildman–Crippen MR) is 142 cm³/mol. The van der Waals surface area contributed by atoms with E-state index in [9.17, 15) is 13.6 Å². The summed E-state index contributed by atoms with van der Waals surface area (Å²) in [6.07, 6.45) is 1.51. The maximum absolute atomic E-state index is 14.0. The Kier molecular flexibility index (Phi) is 9.43. The number of rotatable bonds is 11. The molecule has 0 bridgehead atoms. The van der Waals surface area contributed by atoms with Gasteiger partial charge >= 0.3 is 6.03 Å². The van der Waals surface area contributed by atoms with E-state index in [1.54, 1.807) is 18.9 Å². The number of aromatic nitrogens is 2. The number of urea groups is 1. The highest BCUT2D eigenvalue weighted by molar-refractivity contribution is 5.90. The number of para-hydroxylation sites is 1. The van der Waals surface area contributed by atoms with E-state index >= 15 is 0 Å². The third kappa shape index (κ3) is 6.75. The van der Waals surface area contributed by atoms with Crippen molar-refractivity contribution < 1.29 is 23.0 Å². The average Bonchev–Trinajstić information content (AvgIpc) is 3.43. The number of amides is 2. The highest BCUT2D eigenvalue weighted by Gasteiger charge is 2.35. The number of carbonyl (C=O) groups excluding carboxylic acids is 1. The van der Waals surface area contributed by atoms with Crippen LogP contribution >= 0.6 is 0 Å². The number of anilines is 1. The number of carbonyl (C=O) groups is 1. The van der Waals surface area contributed by atoms with E-state index in [4.69, 9.17) is 14.6 Å². The molecule has 2 N–H and O–H groups in total.